The second-order valence-electron chi connectivity index (χ2n) is 3.81. The van der Waals surface area contributed by atoms with Crippen LogP contribution < -0.4 is 16.0 Å². The van der Waals surface area contributed by atoms with Gasteiger partial charge in [0.2, 0.25) is 11.8 Å². The van der Waals surface area contributed by atoms with Crippen LogP contribution in [0.2, 0.25) is 0 Å². The van der Waals surface area contributed by atoms with Gasteiger partial charge in [-0.25, -0.2) is 0 Å². The number of nitrogens with one attached hydrogen (secondary N) is 3. The van der Waals surface area contributed by atoms with Gasteiger partial charge in [-0.2, -0.15) is 0 Å². The summed E-state index contributed by atoms with van der Waals surface area (Å²) in [5.74, 6) is 0.562. The maximum atomic E-state index is 11.3. The first-order valence-corrected chi connectivity index (χ1v) is 6.30. The van der Waals surface area contributed by atoms with Crippen molar-refractivity contribution in [1.82, 2.24) is 20.8 Å². The van der Waals surface area contributed by atoms with Crippen LogP contribution >= 0.6 is 0 Å². The largest absolute Gasteiger partial charge is 0.407 e. The van der Waals surface area contributed by atoms with Crippen LogP contribution in [0.15, 0.2) is 4.42 Å². The molecule has 1 aromatic rings. The molecule has 1 amide bonds. The fraction of sp³-hybridized carbons (Fsp3) is 0.727. The van der Waals surface area contributed by atoms with E-state index in [1.54, 1.807) is 0 Å². The molecule has 18 heavy (non-hydrogen) atoms. The summed E-state index contributed by atoms with van der Waals surface area (Å²) in [7, 11) is 0. The molecule has 1 aromatic heterocycles. The maximum Gasteiger partial charge on any atom is 0.315 e. The number of amides is 1. The van der Waals surface area contributed by atoms with E-state index in [0.29, 0.717) is 38.0 Å². The predicted molar refractivity (Wildman–Crippen MR) is 68.1 cm³/mol. The number of nitrogens with zero attached hydrogens (tertiary/aromatic N) is 2. The van der Waals surface area contributed by atoms with E-state index in [1.807, 2.05) is 13.8 Å². The first-order chi connectivity index (χ1) is 8.76. The highest BCUT2D eigenvalue weighted by Crippen LogP contribution is 2.04. The minimum atomic E-state index is 0.0248. The van der Waals surface area contributed by atoms with Crippen molar-refractivity contribution in [3.05, 3.63) is 5.89 Å². The lowest BCUT2D eigenvalue weighted by molar-refractivity contribution is -0.120. The number of carbonyl (C=O) groups is 1. The van der Waals surface area contributed by atoms with E-state index in [9.17, 15) is 4.79 Å². The van der Waals surface area contributed by atoms with Gasteiger partial charge in [-0.3, -0.25) is 4.79 Å². The highest BCUT2D eigenvalue weighted by atomic mass is 16.4. The van der Waals surface area contributed by atoms with E-state index >= 15 is 0 Å². The van der Waals surface area contributed by atoms with Crippen molar-refractivity contribution in [1.29, 1.82) is 0 Å². The van der Waals surface area contributed by atoms with Gasteiger partial charge in [0, 0.05) is 19.5 Å². The predicted octanol–water partition coefficient (Wildman–Crippen LogP) is 0.507. The molecule has 0 saturated heterocycles. The molecule has 0 aliphatic rings. The zero-order valence-electron chi connectivity index (χ0n) is 11.0. The van der Waals surface area contributed by atoms with E-state index in [4.69, 9.17) is 4.42 Å². The second kappa shape index (κ2) is 8.46. The molecule has 7 heteroatoms. The molecule has 0 spiro atoms. The first kappa shape index (κ1) is 14.4. The van der Waals surface area contributed by atoms with Crippen LogP contribution in [0, 0.1) is 0 Å². The van der Waals surface area contributed by atoms with Gasteiger partial charge in [0.15, 0.2) is 0 Å². The Morgan fingerprint density at radius 1 is 1.28 bits per heavy atom. The standard InChI is InChI=1S/C11H21N5O2/c1-3-6-13-9(17)5-7-14-11-16-15-10(18-11)8-12-4-2/h12H,3-8H2,1-2H3,(H,13,17)(H,14,16). The summed E-state index contributed by atoms with van der Waals surface area (Å²) in [6, 6.07) is 0.353. The van der Waals surface area contributed by atoms with Gasteiger partial charge in [-0.1, -0.05) is 18.9 Å². The molecular weight excluding hydrogens is 234 g/mol. The molecule has 0 saturated carbocycles. The monoisotopic (exact) mass is 255 g/mol. The van der Waals surface area contributed by atoms with E-state index in [1.165, 1.54) is 0 Å². The van der Waals surface area contributed by atoms with Crippen LogP contribution in [0.3, 0.4) is 0 Å². The Morgan fingerprint density at radius 3 is 2.83 bits per heavy atom. The minimum absolute atomic E-state index is 0.0248. The number of aromatic nitrogens is 2. The van der Waals surface area contributed by atoms with Gasteiger partial charge < -0.3 is 20.4 Å². The molecule has 0 aliphatic heterocycles. The number of anilines is 1. The minimum Gasteiger partial charge on any atom is -0.407 e. The lowest BCUT2D eigenvalue weighted by Crippen LogP contribution is -2.25. The van der Waals surface area contributed by atoms with Crippen molar-refractivity contribution in [3.63, 3.8) is 0 Å². The lowest BCUT2D eigenvalue weighted by Gasteiger charge is -2.03. The van der Waals surface area contributed by atoms with Gasteiger partial charge in [0.25, 0.3) is 0 Å². The topological polar surface area (TPSA) is 92.1 Å². The van der Waals surface area contributed by atoms with Gasteiger partial charge in [0.05, 0.1) is 6.54 Å². The number of carbonyl (C=O) groups excluding carboxylic acids is 1. The smallest absolute Gasteiger partial charge is 0.315 e. The normalized spacial score (nSPS) is 10.3. The van der Waals surface area contributed by atoms with Crippen LogP contribution in [0.25, 0.3) is 0 Å². The fourth-order valence-corrected chi connectivity index (χ4v) is 1.26. The van der Waals surface area contributed by atoms with E-state index in [0.717, 1.165) is 13.0 Å². The molecule has 0 fully saturated rings. The zero-order chi connectivity index (χ0) is 13.2. The van der Waals surface area contributed by atoms with Crippen LogP contribution in [0.4, 0.5) is 6.01 Å². The number of rotatable bonds is 9. The van der Waals surface area contributed by atoms with Crippen LogP contribution in [-0.2, 0) is 11.3 Å². The molecule has 0 atom stereocenters. The van der Waals surface area contributed by atoms with E-state index in [-0.39, 0.29) is 5.91 Å². The first-order valence-electron chi connectivity index (χ1n) is 6.30. The average Bonchev–Trinajstić information content (AvgIpc) is 2.82. The summed E-state index contributed by atoms with van der Waals surface area (Å²) in [6.07, 6.45) is 1.33. The SMILES string of the molecule is CCCNC(=O)CCNc1nnc(CNCC)o1. The molecule has 1 heterocycles. The average molecular weight is 255 g/mol. The molecule has 7 nitrogen and oxygen atoms in total. The van der Waals surface area contributed by atoms with Gasteiger partial charge in [-0.05, 0) is 13.0 Å². The molecule has 0 bridgehead atoms. The van der Waals surface area contributed by atoms with Crippen LogP contribution in [0.1, 0.15) is 32.6 Å². The quantitative estimate of drug-likeness (QED) is 0.595. The Kier molecular flexibility index (Phi) is 6.78. The Balaban J connectivity index is 2.18. The van der Waals surface area contributed by atoms with Crippen molar-refractivity contribution in [2.24, 2.45) is 0 Å². The van der Waals surface area contributed by atoms with Crippen LogP contribution in [0.5, 0.6) is 0 Å². The Labute approximate surface area is 107 Å². The highest BCUT2D eigenvalue weighted by Gasteiger charge is 2.05. The third kappa shape index (κ3) is 5.62. The van der Waals surface area contributed by atoms with Gasteiger partial charge in [0.1, 0.15) is 0 Å². The maximum absolute atomic E-state index is 11.3. The van der Waals surface area contributed by atoms with E-state index < -0.39 is 0 Å². The Morgan fingerprint density at radius 2 is 2.11 bits per heavy atom. The van der Waals surface area contributed by atoms with Gasteiger partial charge in [-0.15, -0.1) is 5.10 Å². The number of hydrogen-bond acceptors (Lipinski definition) is 6. The fourth-order valence-electron chi connectivity index (χ4n) is 1.26. The zero-order valence-corrected chi connectivity index (χ0v) is 11.0. The molecule has 0 aromatic carbocycles. The third-order valence-electron chi connectivity index (χ3n) is 2.19. The molecule has 3 N–H and O–H groups in total. The van der Waals surface area contributed by atoms with Crippen molar-refractivity contribution in [2.75, 3.05) is 25.0 Å². The molecule has 0 unspecified atom stereocenters. The van der Waals surface area contributed by atoms with Crippen molar-refractivity contribution in [3.8, 4) is 0 Å². The van der Waals surface area contributed by atoms with Crippen molar-refractivity contribution >= 4 is 11.9 Å². The molecule has 102 valence electrons. The lowest BCUT2D eigenvalue weighted by atomic mass is 10.4. The molecule has 0 aliphatic carbocycles. The van der Waals surface area contributed by atoms with Crippen molar-refractivity contribution < 1.29 is 9.21 Å². The number of hydrogen-bond donors (Lipinski definition) is 3. The van der Waals surface area contributed by atoms with Crippen molar-refractivity contribution in [2.45, 2.75) is 33.2 Å². The van der Waals surface area contributed by atoms with E-state index in [2.05, 4.69) is 26.1 Å². The highest BCUT2D eigenvalue weighted by molar-refractivity contribution is 5.76. The third-order valence-corrected chi connectivity index (χ3v) is 2.19. The molecule has 0 radical (unpaired) electrons. The summed E-state index contributed by atoms with van der Waals surface area (Å²) >= 11 is 0. The molecule has 1 rings (SSSR count). The summed E-state index contributed by atoms with van der Waals surface area (Å²) < 4.78 is 5.32. The molecular formula is C11H21N5O2. The second-order valence-corrected chi connectivity index (χ2v) is 3.81. The summed E-state index contributed by atoms with van der Waals surface area (Å²) in [4.78, 5) is 11.3. The van der Waals surface area contributed by atoms with Gasteiger partial charge >= 0.3 is 6.01 Å². The summed E-state index contributed by atoms with van der Waals surface area (Å²) in [6.45, 7) is 6.63. The Bertz CT molecular complexity index is 353. The summed E-state index contributed by atoms with van der Waals surface area (Å²) in [5, 5.41) is 16.5. The summed E-state index contributed by atoms with van der Waals surface area (Å²) in [5.41, 5.74) is 0. The Hall–Kier alpha value is -1.63. The van der Waals surface area contributed by atoms with Crippen LogP contribution in [-0.4, -0.2) is 35.7 Å².